The van der Waals surface area contributed by atoms with Crippen LogP contribution in [-0.2, 0) is 0 Å². The summed E-state index contributed by atoms with van der Waals surface area (Å²) in [6.45, 7) is 8.32. The van der Waals surface area contributed by atoms with Crippen molar-refractivity contribution in [2.45, 2.75) is 39.3 Å². The molecule has 1 aromatic carbocycles. The fourth-order valence-electron chi connectivity index (χ4n) is 2.46. The SMILES string of the molecule is Cc1ccc(N2CC(C)NCC2CC#N)cc1C. The van der Waals surface area contributed by atoms with E-state index in [0.717, 1.165) is 13.1 Å². The highest BCUT2D eigenvalue weighted by molar-refractivity contribution is 5.52. The molecule has 96 valence electrons. The monoisotopic (exact) mass is 243 g/mol. The van der Waals surface area contributed by atoms with Gasteiger partial charge in [-0.2, -0.15) is 5.26 Å². The first kappa shape index (κ1) is 12.9. The van der Waals surface area contributed by atoms with E-state index in [-0.39, 0.29) is 6.04 Å². The van der Waals surface area contributed by atoms with E-state index >= 15 is 0 Å². The van der Waals surface area contributed by atoms with E-state index in [1.165, 1.54) is 16.8 Å². The van der Waals surface area contributed by atoms with Gasteiger partial charge in [0, 0.05) is 24.8 Å². The maximum atomic E-state index is 8.94. The molecule has 0 saturated carbocycles. The highest BCUT2D eigenvalue weighted by Gasteiger charge is 2.25. The summed E-state index contributed by atoms with van der Waals surface area (Å²) >= 11 is 0. The maximum Gasteiger partial charge on any atom is 0.0643 e. The molecule has 2 atom stereocenters. The second kappa shape index (κ2) is 5.41. The lowest BCUT2D eigenvalue weighted by Crippen LogP contribution is -2.55. The van der Waals surface area contributed by atoms with E-state index in [1.807, 2.05) is 0 Å². The molecule has 0 aromatic heterocycles. The second-order valence-electron chi connectivity index (χ2n) is 5.25. The molecular weight excluding hydrogens is 222 g/mol. The lowest BCUT2D eigenvalue weighted by atomic mass is 10.0. The van der Waals surface area contributed by atoms with Gasteiger partial charge in [-0.15, -0.1) is 0 Å². The highest BCUT2D eigenvalue weighted by Crippen LogP contribution is 2.23. The van der Waals surface area contributed by atoms with Crippen molar-refractivity contribution in [3.8, 4) is 6.07 Å². The van der Waals surface area contributed by atoms with Crippen LogP contribution in [0.4, 0.5) is 5.69 Å². The van der Waals surface area contributed by atoms with Crippen LogP contribution in [0, 0.1) is 25.2 Å². The molecule has 0 bridgehead atoms. The van der Waals surface area contributed by atoms with E-state index in [2.05, 4.69) is 55.3 Å². The van der Waals surface area contributed by atoms with Gasteiger partial charge in [-0.25, -0.2) is 0 Å². The van der Waals surface area contributed by atoms with Crippen LogP contribution in [0.2, 0.25) is 0 Å². The van der Waals surface area contributed by atoms with Crippen molar-refractivity contribution in [2.24, 2.45) is 0 Å². The van der Waals surface area contributed by atoms with Crippen LogP contribution in [0.3, 0.4) is 0 Å². The Morgan fingerprint density at radius 2 is 2.17 bits per heavy atom. The zero-order valence-electron chi connectivity index (χ0n) is 11.4. The van der Waals surface area contributed by atoms with Gasteiger partial charge in [-0.1, -0.05) is 6.07 Å². The molecule has 2 unspecified atom stereocenters. The molecule has 18 heavy (non-hydrogen) atoms. The van der Waals surface area contributed by atoms with Gasteiger partial charge in [0.15, 0.2) is 0 Å². The smallest absolute Gasteiger partial charge is 0.0643 e. The van der Waals surface area contributed by atoms with Crippen LogP contribution in [0.15, 0.2) is 18.2 Å². The minimum absolute atomic E-state index is 0.285. The number of hydrogen-bond acceptors (Lipinski definition) is 3. The van der Waals surface area contributed by atoms with Crippen molar-refractivity contribution in [2.75, 3.05) is 18.0 Å². The topological polar surface area (TPSA) is 39.1 Å². The van der Waals surface area contributed by atoms with Gasteiger partial charge in [0.05, 0.1) is 18.5 Å². The van der Waals surface area contributed by atoms with Gasteiger partial charge < -0.3 is 10.2 Å². The Balaban J connectivity index is 2.26. The van der Waals surface area contributed by atoms with E-state index < -0.39 is 0 Å². The molecule has 1 aliphatic rings. The number of anilines is 1. The van der Waals surface area contributed by atoms with Gasteiger partial charge in [0.2, 0.25) is 0 Å². The molecule has 1 aromatic rings. The number of aryl methyl sites for hydroxylation is 2. The lowest BCUT2D eigenvalue weighted by Gasteiger charge is -2.40. The maximum absolute atomic E-state index is 8.94. The van der Waals surface area contributed by atoms with Crippen molar-refractivity contribution in [1.29, 1.82) is 5.26 Å². The third kappa shape index (κ3) is 2.65. The number of nitriles is 1. The predicted molar refractivity (Wildman–Crippen MR) is 74.7 cm³/mol. The first-order chi connectivity index (χ1) is 8.61. The molecule has 1 fully saturated rings. The summed E-state index contributed by atoms with van der Waals surface area (Å²) in [5, 5.41) is 12.4. The number of piperazine rings is 1. The Kier molecular flexibility index (Phi) is 3.88. The molecule has 0 aliphatic carbocycles. The molecular formula is C15H21N3. The summed E-state index contributed by atoms with van der Waals surface area (Å²) in [5.74, 6) is 0. The zero-order valence-corrected chi connectivity index (χ0v) is 11.4. The van der Waals surface area contributed by atoms with Crippen molar-refractivity contribution in [3.63, 3.8) is 0 Å². The van der Waals surface area contributed by atoms with Crippen LogP contribution in [0.1, 0.15) is 24.5 Å². The largest absolute Gasteiger partial charge is 0.365 e. The van der Waals surface area contributed by atoms with Crippen molar-refractivity contribution < 1.29 is 0 Å². The second-order valence-corrected chi connectivity index (χ2v) is 5.25. The number of nitrogens with zero attached hydrogens (tertiary/aromatic N) is 2. The fourth-order valence-corrected chi connectivity index (χ4v) is 2.46. The normalized spacial score (nSPS) is 23.8. The van der Waals surface area contributed by atoms with Gasteiger partial charge in [0.25, 0.3) is 0 Å². The molecule has 1 heterocycles. The minimum Gasteiger partial charge on any atom is -0.365 e. The first-order valence-electron chi connectivity index (χ1n) is 6.56. The lowest BCUT2D eigenvalue weighted by molar-refractivity contribution is 0.412. The van der Waals surface area contributed by atoms with Crippen LogP contribution < -0.4 is 10.2 Å². The van der Waals surface area contributed by atoms with Gasteiger partial charge in [-0.3, -0.25) is 0 Å². The van der Waals surface area contributed by atoms with Crippen LogP contribution in [0.25, 0.3) is 0 Å². The minimum atomic E-state index is 0.285. The van der Waals surface area contributed by atoms with Crippen molar-refractivity contribution in [1.82, 2.24) is 5.32 Å². The molecule has 1 saturated heterocycles. The fraction of sp³-hybridized carbons (Fsp3) is 0.533. The molecule has 3 nitrogen and oxygen atoms in total. The van der Waals surface area contributed by atoms with Gasteiger partial charge >= 0.3 is 0 Å². The van der Waals surface area contributed by atoms with Crippen LogP contribution in [-0.4, -0.2) is 25.2 Å². The standard InChI is InChI=1S/C15H21N3/c1-11-4-5-14(8-12(11)2)18-10-13(3)17-9-15(18)6-7-16/h4-5,8,13,15,17H,6,9-10H2,1-3H3. The van der Waals surface area contributed by atoms with Crippen LogP contribution >= 0.6 is 0 Å². The summed E-state index contributed by atoms with van der Waals surface area (Å²) in [5.41, 5.74) is 3.87. The molecule has 0 radical (unpaired) electrons. The van der Waals surface area contributed by atoms with Crippen molar-refractivity contribution >= 4 is 5.69 Å². The summed E-state index contributed by atoms with van der Waals surface area (Å²) in [4.78, 5) is 2.37. The number of benzene rings is 1. The number of hydrogen-bond donors (Lipinski definition) is 1. The summed E-state index contributed by atoms with van der Waals surface area (Å²) in [6.07, 6.45) is 0.576. The molecule has 1 N–H and O–H groups in total. The Hall–Kier alpha value is -1.53. The molecule has 3 heteroatoms. The van der Waals surface area contributed by atoms with E-state index in [4.69, 9.17) is 5.26 Å². The third-order valence-electron chi connectivity index (χ3n) is 3.76. The zero-order chi connectivity index (χ0) is 13.1. The van der Waals surface area contributed by atoms with Crippen LogP contribution in [0.5, 0.6) is 0 Å². The molecule has 2 rings (SSSR count). The van der Waals surface area contributed by atoms with E-state index in [9.17, 15) is 0 Å². The van der Waals surface area contributed by atoms with E-state index in [0.29, 0.717) is 12.5 Å². The first-order valence-corrected chi connectivity index (χ1v) is 6.56. The Morgan fingerprint density at radius 1 is 1.39 bits per heavy atom. The molecule has 0 amide bonds. The third-order valence-corrected chi connectivity index (χ3v) is 3.76. The highest BCUT2D eigenvalue weighted by atomic mass is 15.2. The number of rotatable bonds is 2. The number of nitrogens with one attached hydrogen (secondary N) is 1. The van der Waals surface area contributed by atoms with E-state index in [1.54, 1.807) is 0 Å². The van der Waals surface area contributed by atoms with Gasteiger partial charge in [-0.05, 0) is 44.0 Å². The Bertz CT molecular complexity index is 461. The average molecular weight is 243 g/mol. The average Bonchev–Trinajstić information content (AvgIpc) is 2.35. The molecule has 0 spiro atoms. The Morgan fingerprint density at radius 3 is 2.83 bits per heavy atom. The summed E-state index contributed by atoms with van der Waals surface area (Å²) in [6, 6.07) is 9.63. The quantitative estimate of drug-likeness (QED) is 0.867. The molecule has 1 aliphatic heterocycles. The predicted octanol–water partition coefficient (Wildman–Crippen LogP) is 2.38. The summed E-state index contributed by atoms with van der Waals surface area (Å²) in [7, 11) is 0. The summed E-state index contributed by atoms with van der Waals surface area (Å²) < 4.78 is 0. The van der Waals surface area contributed by atoms with Gasteiger partial charge in [0.1, 0.15) is 0 Å². The van der Waals surface area contributed by atoms with Crippen molar-refractivity contribution in [3.05, 3.63) is 29.3 Å². The Labute approximate surface area is 109 Å².